The molecular formula is C50H35NO. The first-order chi connectivity index (χ1) is 25.8. The lowest BCUT2D eigenvalue weighted by Crippen LogP contribution is -2.09. The quantitative estimate of drug-likeness (QED) is 0.161. The fraction of sp³-hybridized carbons (Fsp3) is 0. The van der Waals surface area contributed by atoms with Gasteiger partial charge in [0.15, 0.2) is 0 Å². The molecule has 2 nitrogen and oxygen atoms in total. The highest BCUT2D eigenvalue weighted by atomic mass is 16.3. The minimum absolute atomic E-state index is 0.873. The van der Waals surface area contributed by atoms with Crippen LogP contribution in [0.2, 0.25) is 0 Å². The van der Waals surface area contributed by atoms with Crippen LogP contribution in [0.15, 0.2) is 217 Å². The molecule has 0 aliphatic carbocycles. The second-order valence-corrected chi connectivity index (χ2v) is 13.0. The summed E-state index contributed by atoms with van der Waals surface area (Å²) < 4.78 is 6.65. The lowest BCUT2D eigenvalue weighted by Gasteiger charge is -2.26. The van der Waals surface area contributed by atoms with Crippen LogP contribution in [0.4, 0.5) is 17.1 Å². The van der Waals surface area contributed by atoms with Crippen LogP contribution in [0.1, 0.15) is 0 Å². The number of benzene rings is 8. The van der Waals surface area contributed by atoms with Gasteiger partial charge < -0.3 is 9.32 Å². The monoisotopic (exact) mass is 665 g/mol. The Labute approximate surface area is 304 Å². The maximum Gasteiger partial charge on any atom is 0.143 e. The van der Waals surface area contributed by atoms with E-state index in [0.717, 1.165) is 61.6 Å². The summed E-state index contributed by atoms with van der Waals surface area (Å²) in [5.74, 6) is 0.890. The number of furan rings is 1. The molecule has 0 radical (unpaired) electrons. The molecule has 9 aromatic rings. The van der Waals surface area contributed by atoms with Gasteiger partial charge in [-0.2, -0.15) is 0 Å². The van der Waals surface area contributed by atoms with E-state index in [2.05, 4.69) is 211 Å². The second kappa shape index (κ2) is 13.8. The van der Waals surface area contributed by atoms with Crippen molar-refractivity contribution in [1.82, 2.24) is 0 Å². The Hall–Kier alpha value is -6.90. The molecule has 0 N–H and O–H groups in total. The van der Waals surface area contributed by atoms with E-state index >= 15 is 0 Å². The van der Waals surface area contributed by atoms with Gasteiger partial charge in [-0.15, -0.1) is 0 Å². The number of rotatable bonds is 8. The number of hydrogen-bond acceptors (Lipinski definition) is 2. The van der Waals surface area contributed by atoms with E-state index in [9.17, 15) is 0 Å². The lowest BCUT2D eigenvalue weighted by atomic mass is 9.97. The minimum Gasteiger partial charge on any atom is -0.455 e. The first-order valence-electron chi connectivity index (χ1n) is 17.7. The van der Waals surface area contributed by atoms with E-state index in [1.807, 2.05) is 6.07 Å². The summed E-state index contributed by atoms with van der Waals surface area (Å²) in [6.45, 7) is 0. The maximum absolute atomic E-state index is 6.65. The van der Waals surface area contributed by atoms with Gasteiger partial charge in [0.05, 0.1) is 0 Å². The van der Waals surface area contributed by atoms with Crippen molar-refractivity contribution >= 4 is 28.0 Å². The van der Waals surface area contributed by atoms with Crippen molar-refractivity contribution in [1.29, 1.82) is 0 Å². The highest BCUT2D eigenvalue weighted by molar-refractivity contribution is 6.03. The number of fused-ring (bicyclic) bond motifs is 1. The van der Waals surface area contributed by atoms with Crippen molar-refractivity contribution in [3.8, 4) is 55.8 Å². The van der Waals surface area contributed by atoms with Crippen molar-refractivity contribution < 1.29 is 4.42 Å². The molecule has 1 heterocycles. The van der Waals surface area contributed by atoms with E-state index in [-0.39, 0.29) is 0 Å². The van der Waals surface area contributed by atoms with Gasteiger partial charge >= 0.3 is 0 Å². The Balaban J connectivity index is 1.09. The Morgan fingerprint density at radius 1 is 0.288 bits per heavy atom. The SMILES string of the molecule is c1ccc(-c2ccc(N(c3ccc(-c4ccccc4)cc3)c3ccc(-c4ccc5c(-c6ccccc6)c(-c6ccccc6)oc5c4)cc3)cc2)cc1. The van der Waals surface area contributed by atoms with Gasteiger partial charge in [0.1, 0.15) is 11.3 Å². The van der Waals surface area contributed by atoms with Crippen LogP contribution in [-0.2, 0) is 0 Å². The highest BCUT2D eigenvalue weighted by Gasteiger charge is 2.19. The van der Waals surface area contributed by atoms with Gasteiger partial charge in [-0.25, -0.2) is 0 Å². The molecule has 0 unspecified atom stereocenters. The molecule has 1 aromatic heterocycles. The summed E-state index contributed by atoms with van der Waals surface area (Å²) in [5, 5.41) is 1.11. The third kappa shape index (κ3) is 6.08. The predicted octanol–water partition coefficient (Wildman–Crippen LogP) is 14.2. The summed E-state index contributed by atoms with van der Waals surface area (Å²) in [4.78, 5) is 2.32. The fourth-order valence-corrected chi connectivity index (χ4v) is 7.08. The number of nitrogens with zero attached hydrogens (tertiary/aromatic N) is 1. The normalized spacial score (nSPS) is 11.1. The van der Waals surface area contributed by atoms with Crippen LogP contribution in [0.5, 0.6) is 0 Å². The molecule has 0 spiro atoms. The largest absolute Gasteiger partial charge is 0.455 e. The molecular weight excluding hydrogens is 631 g/mol. The number of anilines is 3. The zero-order valence-electron chi connectivity index (χ0n) is 28.6. The molecule has 2 heteroatoms. The van der Waals surface area contributed by atoms with Crippen LogP contribution in [0.25, 0.3) is 66.8 Å². The second-order valence-electron chi connectivity index (χ2n) is 13.0. The van der Waals surface area contributed by atoms with Crippen molar-refractivity contribution in [2.45, 2.75) is 0 Å². The Bertz CT molecular complexity index is 2470. The molecule has 8 aromatic carbocycles. The van der Waals surface area contributed by atoms with Crippen LogP contribution in [0.3, 0.4) is 0 Å². The first-order valence-corrected chi connectivity index (χ1v) is 17.7. The summed E-state index contributed by atoms with van der Waals surface area (Å²) in [6, 6.07) is 75.0. The lowest BCUT2D eigenvalue weighted by molar-refractivity contribution is 0.632. The van der Waals surface area contributed by atoms with Gasteiger partial charge in [0.2, 0.25) is 0 Å². The first kappa shape index (κ1) is 31.1. The summed E-state index contributed by atoms with van der Waals surface area (Å²) in [7, 11) is 0. The number of hydrogen-bond donors (Lipinski definition) is 0. The van der Waals surface area contributed by atoms with Crippen molar-refractivity contribution in [2.75, 3.05) is 4.90 Å². The molecule has 0 amide bonds. The molecule has 0 bridgehead atoms. The molecule has 0 aliphatic rings. The zero-order valence-corrected chi connectivity index (χ0v) is 28.6. The molecule has 246 valence electrons. The smallest absolute Gasteiger partial charge is 0.143 e. The fourth-order valence-electron chi connectivity index (χ4n) is 7.08. The molecule has 0 saturated carbocycles. The van der Waals surface area contributed by atoms with Crippen LogP contribution < -0.4 is 4.90 Å². The summed E-state index contributed by atoms with van der Waals surface area (Å²) in [5.41, 5.74) is 14.5. The third-order valence-electron chi connectivity index (χ3n) is 9.71. The highest BCUT2D eigenvalue weighted by Crippen LogP contribution is 2.43. The van der Waals surface area contributed by atoms with E-state index in [4.69, 9.17) is 4.42 Å². The average Bonchev–Trinajstić information content (AvgIpc) is 3.62. The minimum atomic E-state index is 0.873. The van der Waals surface area contributed by atoms with Gasteiger partial charge in [0.25, 0.3) is 0 Å². The molecule has 0 saturated heterocycles. The third-order valence-corrected chi connectivity index (χ3v) is 9.71. The molecule has 9 rings (SSSR count). The molecule has 0 fully saturated rings. The standard InChI is InChI=1S/C50H35NO/c1-5-13-36(14-6-1)38-21-28-44(29-22-38)51(45-30-23-39(24-31-45)37-15-7-2-8-16-37)46-32-25-40(26-33-46)43-27-34-47-48(35-43)52-50(42-19-11-4-12-20-42)49(47)41-17-9-3-10-18-41/h1-35H. The van der Waals surface area contributed by atoms with E-state index in [0.29, 0.717) is 0 Å². The molecule has 0 aliphatic heterocycles. The topological polar surface area (TPSA) is 16.4 Å². The van der Waals surface area contributed by atoms with E-state index < -0.39 is 0 Å². The van der Waals surface area contributed by atoms with Gasteiger partial charge in [-0.3, -0.25) is 0 Å². The zero-order chi connectivity index (χ0) is 34.7. The molecule has 52 heavy (non-hydrogen) atoms. The van der Waals surface area contributed by atoms with E-state index in [1.54, 1.807) is 0 Å². The Morgan fingerprint density at radius 2 is 0.635 bits per heavy atom. The van der Waals surface area contributed by atoms with Gasteiger partial charge in [0, 0.05) is 33.6 Å². The van der Waals surface area contributed by atoms with E-state index in [1.165, 1.54) is 22.3 Å². The summed E-state index contributed by atoms with van der Waals surface area (Å²) >= 11 is 0. The van der Waals surface area contributed by atoms with Crippen molar-refractivity contribution in [3.63, 3.8) is 0 Å². The van der Waals surface area contributed by atoms with Gasteiger partial charge in [-0.1, -0.05) is 164 Å². The van der Waals surface area contributed by atoms with Crippen LogP contribution in [0, 0.1) is 0 Å². The molecule has 0 atom stereocenters. The predicted molar refractivity (Wildman–Crippen MR) is 218 cm³/mol. The Kier molecular flexibility index (Phi) is 8.24. The average molecular weight is 666 g/mol. The Morgan fingerprint density at radius 3 is 1.08 bits per heavy atom. The summed E-state index contributed by atoms with van der Waals surface area (Å²) in [6.07, 6.45) is 0. The van der Waals surface area contributed by atoms with Crippen LogP contribution >= 0.6 is 0 Å². The van der Waals surface area contributed by atoms with Crippen LogP contribution in [-0.4, -0.2) is 0 Å². The van der Waals surface area contributed by atoms with Gasteiger partial charge in [-0.05, 0) is 87.5 Å². The maximum atomic E-state index is 6.65. The van der Waals surface area contributed by atoms with Crippen molar-refractivity contribution in [3.05, 3.63) is 212 Å². The van der Waals surface area contributed by atoms with Crippen molar-refractivity contribution in [2.24, 2.45) is 0 Å².